The maximum absolute atomic E-state index is 13.4. The Balaban J connectivity index is 1.41. The lowest BCUT2D eigenvalue weighted by Gasteiger charge is -2.34. The third kappa shape index (κ3) is 5.07. The lowest BCUT2D eigenvalue weighted by molar-refractivity contribution is 0.0245. The molecule has 0 spiro atoms. The SMILES string of the molecule is Cc1ccccc1-n1nc(C(=O)N2CCC(CN(C)C(=O)OC(C)(C)C)CC2)c2c1CCC2. The van der Waals surface area contributed by atoms with E-state index in [2.05, 4.69) is 19.1 Å². The third-order valence-electron chi connectivity index (χ3n) is 6.62. The fourth-order valence-electron chi connectivity index (χ4n) is 4.88. The van der Waals surface area contributed by atoms with Crippen LogP contribution in [-0.4, -0.2) is 63.9 Å². The highest BCUT2D eigenvalue weighted by Gasteiger charge is 2.32. The second kappa shape index (κ2) is 9.20. The van der Waals surface area contributed by atoms with Crippen molar-refractivity contribution in [1.82, 2.24) is 19.6 Å². The van der Waals surface area contributed by atoms with Gasteiger partial charge in [-0.3, -0.25) is 4.79 Å². The van der Waals surface area contributed by atoms with Gasteiger partial charge in [0.2, 0.25) is 0 Å². The second-order valence-electron chi connectivity index (χ2n) is 10.4. The molecule has 33 heavy (non-hydrogen) atoms. The van der Waals surface area contributed by atoms with Gasteiger partial charge in [0.1, 0.15) is 5.60 Å². The number of carbonyl (C=O) groups excluding carboxylic acids is 2. The summed E-state index contributed by atoms with van der Waals surface area (Å²) < 4.78 is 7.45. The standard InChI is InChI=1S/C26H36N4O3/c1-18-9-6-7-11-21(18)30-22-12-8-10-20(22)23(27-30)24(31)29-15-13-19(14-16-29)17-28(5)25(32)33-26(2,3)4/h6-7,9,11,19H,8,10,12-17H2,1-5H3. The Kier molecular flexibility index (Phi) is 6.50. The molecule has 4 rings (SSSR count). The number of aromatic nitrogens is 2. The summed E-state index contributed by atoms with van der Waals surface area (Å²) in [5.41, 5.74) is 4.64. The van der Waals surface area contributed by atoms with E-state index < -0.39 is 5.60 Å². The Morgan fingerprint density at radius 3 is 2.52 bits per heavy atom. The Morgan fingerprint density at radius 2 is 1.85 bits per heavy atom. The zero-order valence-corrected chi connectivity index (χ0v) is 20.6. The van der Waals surface area contributed by atoms with Gasteiger partial charge in [0.15, 0.2) is 5.69 Å². The quantitative estimate of drug-likeness (QED) is 0.690. The van der Waals surface area contributed by atoms with E-state index in [-0.39, 0.29) is 12.0 Å². The number of piperidine rings is 1. The first-order valence-corrected chi connectivity index (χ1v) is 12.0. The molecule has 1 aromatic heterocycles. The van der Waals surface area contributed by atoms with Crippen molar-refractivity contribution >= 4 is 12.0 Å². The number of nitrogens with zero attached hydrogens (tertiary/aromatic N) is 4. The molecule has 0 atom stereocenters. The van der Waals surface area contributed by atoms with Crippen LogP contribution in [0.3, 0.4) is 0 Å². The summed E-state index contributed by atoms with van der Waals surface area (Å²) >= 11 is 0. The molecule has 2 heterocycles. The fraction of sp³-hybridized carbons (Fsp3) is 0.577. The van der Waals surface area contributed by atoms with Crippen LogP contribution in [0.25, 0.3) is 5.69 Å². The van der Waals surface area contributed by atoms with Crippen molar-refractivity contribution in [3.8, 4) is 5.69 Å². The van der Waals surface area contributed by atoms with Crippen LogP contribution >= 0.6 is 0 Å². The molecule has 1 aromatic carbocycles. The molecule has 0 saturated carbocycles. The van der Waals surface area contributed by atoms with Crippen LogP contribution < -0.4 is 0 Å². The molecule has 0 bridgehead atoms. The van der Waals surface area contributed by atoms with Gasteiger partial charge in [-0.15, -0.1) is 0 Å². The molecule has 1 aliphatic carbocycles. The van der Waals surface area contributed by atoms with Gasteiger partial charge in [-0.2, -0.15) is 5.10 Å². The molecule has 7 heteroatoms. The predicted molar refractivity (Wildman–Crippen MR) is 128 cm³/mol. The Morgan fingerprint density at radius 1 is 1.15 bits per heavy atom. The van der Waals surface area contributed by atoms with Crippen molar-refractivity contribution in [2.45, 2.75) is 65.4 Å². The average molecular weight is 453 g/mol. The molecule has 7 nitrogen and oxygen atoms in total. The first-order chi connectivity index (χ1) is 15.6. The van der Waals surface area contributed by atoms with Crippen LogP contribution in [-0.2, 0) is 17.6 Å². The smallest absolute Gasteiger partial charge is 0.410 e. The van der Waals surface area contributed by atoms with E-state index in [0.717, 1.165) is 48.9 Å². The number of rotatable bonds is 4. The summed E-state index contributed by atoms with van der Waals surface area (Å²) in [4.78, 5) is 29.3. The van der Waals surface area contributed by atoms with Crippen LogP contribution in [0.1, 0.15) is 67.3 Å². The number of hydrogen-bond acceptors (Lipinski definition) is 4. The van der Waals surface area contributed by atoms with E-state index >= 15 is 0 Å². The first kappa shape index (κ1) is 23.3. The van der Waals surface area contributed by atoms with Crippen molar-refractivity contribution in [3.63, 3.8) is 0 Å². The highest BCUT2D eigenvalue weighted by molar-refractivity contribution is 5.94. The van der Waals surface area contributed by atoms with E-state index in [1.807, 2.05) is 42.5 Å². The molecule has 0 radical (unpaired) electrons. The minimum atomic E-state index is -0.497. The van der Waals surface area contributed by atoms with Crippen LogP contribution in [0.15, 0.2) is 24.3 Å². The van der Waals surface area contributed by atoms with E-state index in [1.54, 1.807) is 11.9 Å². The summed E-state index contributed by atoms with van der Waals surface area (Å²) in [6.07, 6.45) is 4.40. The molecule has 1 aliphatic heterocycles. The normalized spacial score (nSPS) is 16.6. The molecule has 1 saturated heterocycles. The molecular formula is C26H36N4O3. The van der Waals surface area contributed by atoms with E-state index in [0.29, 0.717) is 31.2 Å². The number of para-hydroxylation sites is 1. The largest absolute Gasteiger partial charge is 0.444 e. The highest BCUT2D eigenvalue weighted by Crippen LogP contribution is 2.30. The number of carbonyl (C=O) groups is 2. The maximum atomic E-state index is 13.4. The molecule has 2 amide bonds. The number of benzene rings is 1. The summed E-state index contributed by atoms with van der Waals surface area (Å²) in [5.74, 6) is 0.404. The zero-order chi connectivity index (χ0) is 23.8. The summed E-state index contributed by atoms with van der Waals surface area (Å²) in [5, 5.41) is 4.82. The first-order valence-electron chi connectivity index (χ1n) is 12.0. The van der Waals surface area contributed by atoms with Gasteiger partial charge in [0, 0.05) is 37.9 Å². The zero-order valence-electron chi connectivity index (χ0n) is 20.6. The number of likely N-dealkylation sites (tertiary alicyclic amines) is 1. The lowest BCUT2D eigenvalue weighted by atomic mass is 9.96. The van der Waals surface area contributed by atoms with Gasteiger partial charge >= 0.3 is 6.09 Å². The van der Waals surface area contributed by atoms with Gasteiger partial charge in [0.25, 0.3) is 5.91 Å². The molecule has 178 valence electrons. The average Bonchev–Trinajstić information content (AvgIpc) is 3.36. The number of hydrogen-bond donors (Lipinski definition) is 0. The van der Waals surface area contributed by atoms with E-state index in [1.165, 1.54) is 5.69 Å². The topological polar surface area (TPSA) is 67.7 Å². The van der Waals surface area contributed by atoms with Crippen LogP contribution in [0.2, 0.25) is 0 Å². The van der Waals surface area contributed by atoms with Crippen LogP contribution in [0.4, 0.5) is 4.79 Å². The summed E-state index contributed by atoms with van der Waals surface area (Å²) in [6.45, 7) is 9.74. The monoisotopic (exact) mass is 452 g/mol. The number of ether oxygens (including phenoxy) is 1. The molecule has 2 aromatic rings. The third-order valence-corrected chi connectivity index (χ3v) is 6.62. The molecule has 0 N–H and O–H groups in total. The highest BCUT2D eigenvalue weighted by atomic mass is 16.6. The van der Waals surface area contributed by atoms with Crippen LogP contribution in [0, 0.1) is 12.8 Å². The fourth-order valence-corrected chi connectivity index (χ4v) is 4.88. The van der Waals surface area contributed by atoms with Gasteiger partial charge in [-0.1, -0.05) is 18.2 Å². The minimum absolute atomic E-state index is 0.0411. The van der Waals surface area contributed by atoms with E-state index in [9.17, 15) is 9.59 Å². The second-order valence-corrected chi connectivity index (χ2v) is 10.4. The van der Waals surface area contributed by atoms with Gasteiger partial charge in [-0.05, 0) is 77.3 Å². The molecule has 0 unspecified atom stereocenters. The van der Waals surface area contributed by atoms with Crippen molar-refractivity contribution in [1.29, 1.82) is 0 Å². The minimum Gasteiger partial charge on any atom is -0.444 e. The molecule has 2 aliphatic rings. The number of aryl methyl sites for hydroxylation is 1. The number of amides is 2. The molecule has 1 fully saturated rings. The summed E-state index contributed by atoms with van der Waals surface area (Å²) in [6, 6.07) is 8.20. The van der Waals surface area contributed by atoms with Crippen molar-refractivity contribution in [2.24, 2.45) is 5.92 Å². The van der Waals surface area contributed by atoms with Gasteiger partial charge in [0.05, 0.1) is 5.69 Å². The number of fused-ring (bicyclic) bond motifs is 1. The van der Waals surface area contributed by atoms with Gasteiger partial charge < -0.3 is 14.5 Å². The van der Waals surface area contributed by atoms with Crippen molar-refractivity contribution in [2.75, 3.05) is 26.7 Å². The maximum Gasteiger partial charge on any atom is 0.410 e. The molecular weight excluding hydrogens is 416 g/mol. The van der Waals surface area contributed by atoms with Crippen LogP contribution in [0.5, 0.6) is 0 Å². The predicted octanol–water partition coefficient (Wildman–Crippen LogP) is 4.39. The Bertz CT molecular complexity index is 1030. The lowest BCUT2D eigenvalue weighted by Crippen LogP contribution is -2.43. The van der Waals surface area contributed by atoms with E-state index in [4.69, 9.17) is 9.84 Å². The van der Waals surface area contributed by atoms with Crippen molar-refractivity contribution < 1.29 is 14.3 Å². The Hall–Kier alpha value is -2.83. The van der Waals surface area contributed by atoms with Crippen molar-refractivity contribution in [3.05, 3.63) is 46.8 Å². The summed E-state index contributed by atoms with van der Waals surface area (Å²) in [7, 11) is 1.78. The Labute approximate surface area is 196 Å². The van der Waals surface area contributed by atoms with Gasteiger partial charge in [-0.25, -0.2) is 9.48 Å².